The van der Waals surface area contributed by atoms with Crippen LogP contribution in [0.15, 0.2) is 23.4 Å². The summed E-state index contributed by atoms with van der Waals surface area (Å²) in [6.07, 6.45) is 12.7. The van der Waals surface area contributed by atoms with E-state index in [9.17, 15) is 5.11 Å². The summed E-state index contributed by atoms with van der Waals surface area (Å²) in [5.41, 5.74) is 9.67. The minimum absolute atomic E-state index is 0.0986. The fraction of sp³-hybridized carbons (Fsp3) is 0.789. The van der Waals surface area contributed by atoms with Gasteiger partial charge in [0.05, 0.1) is 6.10 Å². The Kier molecular flexibility index (Phi) is 2.89. The first-order valence-electron chi connectivity index (χ1n) is 8.79. The molecule has 0 aromatic heterocycles. The molecule has 0 spiro atoms. The molecule has 0 aromatic rings. The van der Waals surface area contributed by atoms with Crippen molar-refractivity contribution in [3.8, 4) is 0 Å². The quantitative estimate of drug-likeness (QED) is 0.666. The number of aliphatic hydroxyl groups is 1. The van der Waals surface area contributed by atoms with E-state index in [2.05, 4.69) is 26.0 Å². The average molecular weight is 287 g/mol. The van der Waals surface area contributed by atoms with Gasteiger partial charge >= 0.3 is 0 Å². The minimum Gasteiger partial charge on any atom is -0.402 e. The molecular formula is C19H29NO. The highest BCUT2D eigenvalue weighted by Gasteiger charge is 2.56. The molecule has 2 heteroatoms. The molecule has 0 aliphatic heterocycles. The molecule has 0 saturated heterocycles. The maximum atomic E-state index is 10.0. The van der Waals surface area contributed by atoms with Crippen LogP contribution in [-0.2, 0) is 0 Å². The number of allylic oxidation sites excluding steroid dienone is 3. The molecule has 2 fully saturated rings. The van der Waals surface area contributed by atoms with E-state index in [1.165, 1.54) is 32.1 Å². The molecule has 2 saturated carbocycles. The van der Waals surface area contributed by atoms with Gasteiger partial charge in [-0.2, -0.15) is 0 Å². The lowest BCUT2D eigenvalue weighted by Gasteiger charge is -2.57. The van der Waals surface area contributed by atoms with Crippen molar-refractivity contribution in [1.29, 1.82) is 0 Å². The highest BCUT2D eigenvalue weighted by Crippen LogP contribution is 2.64. The van der Waals surface area contributed by atoms with Crippen LogP contribution in [0.2, 0.25) is 0 Å². The molecule has 21 heavy (non-hydrogen) atoms. The zero-order chi connectivity index (χ0) is 14.8. The van der Waals surface area contributed by atoms with Crippen LogP contribution in [0.4, 0.5) is 0 Å². The third-order valence-corrected chi connectivity index (χ3v) is 7.72. The van der Waals surface area contributed by atoms with E-state index in [0.717, 1.165) is 36.3 Å². The number of aliphatic hydroxyl groups excluding tert-OH is 1. The van der Waals surface area contributed by atoms with E-state index in [0.29, 0.717) is 5.41 Å². The van der Waals surface area contributed by atoms with Gasteiger partial charge in [-0.3, -0.25) is 0 Å². The van der Waals surface area contributed by atoms with Crippen molar-refractivity contribution in [2.75, 3.05) is 0 Å². The fourth-order valence-corrected chi connectivity index (χ4v) is 6.24. The zero-order valence-corrected chi connectivity index (χ0v) is 13.4. The van der Waals surface area contributed by atoms with E-state index in [1.807, 2.05) is 0 Å². The molecule has 0 bridgehead atoms. The SMILES string of the molecule is C[C@]12CCC(O)CC1=CC[C@@H]1[C@H]2CC[C@]2(C)C(N)=CC[C@@H]12. The van der Waals surface area contributed by atoms with Crippen molar-refractivity contribution in [2.45, 2.75) is 64.9 Å². The van der Waals surface area contributed by atoms with Crippen molar-refractivity contribution in [3.63, 3.8) is 0 Å². The molecule has 116 valence electrons. The third-order valence-electron chi connectivity index (χ3n) is 7.72. The highest BCUT2D eigenvalue weighted by molar-refractivity contribution is 5.28. The van der Waals surface area contributed by atoms with Crippen molar-refractivity contribution in [2.24, 2.45) is 34.3 Å². The molecule has 0 aromatic carbocycles. The van der Waals surface area contributed by atoms with E-state index in [4.69, 9.17) is 5.73 Å². The molecule has 0 amide bonds. The van der Waals surface area contributed by atoms with Crippen LogP contribution >= 0.6 is 0 Å². The molecule has 4 aliphatic rings. The summed E-state index contributed by atoms with van der Waals surface area (Å²) < 4.78 is 0. The predicted octanol–water partition coefficient (Wildman–Crippen LogP) is 3.76. The lowest BCUT2D eigenvalue weighted by Crippen LogP contribution is -2.50. The molecule has 3 N–H and O–H groups in total. The topological polar surface area (TPSA) is 46.2 Å². The Morgan fingerprint density at radius 1 is 1.05 bits per heavy atom. The van der Waals surface area contributed by atoms with Gasteiger partial charge in [0.25, 0.3) is 0 Å². The average Bonchev–Trinajstić information content (AvgIpc) is 2.76. The van der Waals surface area contributed by atoms with Crippen molar-refractivity contribution < 1.29 is 5.11 Å². The summed E-state index contributed by atoms with van der Waals surface area (Å²) in [6.45, 7) is 4.88. The van der Waals surface area contributed by atoms with Crippen LogP contribution in [0, 0.1) is 28.6 Å². The van der Waals surface area contributed by atoms with Gasteiger partial charge in [0.1, 0.15) is 0 Å². The maximum Gasteiger partial charge on any atom is 0.0577 e. The molecular weight excluding hydrogens is 258 g/mol. The van der Waals surface area contributed by atoms with E-state index >= 15 is 0 Å². The Balaban J connectivity index is 1.68. The van der Waals surface area contributed by atoms with Crippen LogP contribution in [0.5, 0.6) is 0 Å². The van der Waals surface area contributed by atoms with Gasteiger partial charge in [-0.15, -0.1) is 0 Å². The second-order valence-corrected chi connectivity index (χ2v) is 8.51. The predicted molar refractivity (Wildman–Crippen MR) is 85.4 cm³/mol. The monoisotopic (exact) mass is 287 g/mol. The van der Waals surface area contributed by atoms with Gasteiger partial charge in [-0.1, -0.05) is 31.6 Å². The Morgan fingerprint density at radius 3 is 2.62 bits per heavy atom. The smallest absolute Gasteiger partial charge is 0.0577 e. The number of hydrogen-bond donors (Lipinski definition) is 2. The number of rotatable bonds is 0. The first-order valence-corrected chi connectivity index (χ1v) is 8.79. The van der Waals surface area contributed by atoms with Gasteiger partial charge in [-0.05, 0) is 68.1 Å². The summed E-state index contributed by atoms with van der Waals surface area (Å²) in [6, 6.07) is 0. The van der Waals surface area contributed by atoms with Gasteiger partial charge in [0.15, 0.2) is 0 Å². The summed E-state index contributed by atoms with van der Waals surface area (Å²) in [7, 11) is 0. The van der Waals surface area contributed by atoms with Crippen LogP contribution in [0.1, 0.15) is 58.8 Å². The maximum absolute atomic E-state index is 10.0. The Labute approximate surface area is 128 Å². The lowest BCUT2D eigenvalue weighted by atomic mass is 9.48. The van der Waals surface area contributed by atoms with Gasteiger partial charge in [-0.25, -0.2) is 0 Å². The standard InChI is InChI=1S/C19H29NO/c1-18-9-7-13(21)11-12(18)3-4-14-15-5-6-17(20)19(15,2)10-8-16(14)18/h3,6,13-16,21H,4-5,7-11,20H2,1-2H3/t13?,14-,15-,16+,18-,19-/m0/s1. The largest absolute Gasteiger partial charge is 0.402 e. The lowest BCUT2D eigenvalue weighted by molar-refractivity contribution is -0.0296. The number of fused-ring (bicyclic) bond motifs is 5. The summed E-state index contributed by atoms with van der Waals surface area (Å²) in [4.78, 5) is 0. The van der Waals surface area contributed by atoms with Gasteiger partial charge in [0.2, 0.25) is 0 Å². The second-order valence-electron chi connectivity index (χ2n) is 8.51. The first kappa shape index (κ1) is 13.9. The van der Waals surface area contributed by atoms with Crippen LogP contribution in [0.3, 0.4) is 0 Å². The van der Waals surface area contributed by atoms with Gasteiger partial charge < -0.3 is 10.8 Å². The van der Waals surface area contributed by atoms with Gasteiger partial charge in [0, 0.05) is 11.1 Å². The second kappa shape index (κ2) is 4.38. The first-order chi connectivity index (χ1) is 9.95. The van der Waals surface area contributed by atoms with Crippen molar-refractivity contribution >= 4 is 0 Å². The van der Waals surface area contributed by atoms with Crippen molar-refractivity contribution in [1.82, 2.24) is 0 Å². The Bertz CT molecular complexity index is 522. The number of hydrogen-bond acceptors (Lipinski definition) is 2. The normalized spacial score (nSPS) is 52.3. The van der Waals surface area contributed by atoms with E-state index < -0.39 is 0 Å². The molecule has 4 rings (SSSR count). The van der Waals surface area contributed by atoms with Crippen molar-refractivity contribution in [3.05, 3.63) is 23.4 Å². The van der Waals surface area contributed by atoms with E-state index in [1.54, 1.807) is 5.57 Å². The third kappa shape index (κ3) is 1.75. The number of nitrogens with two attached hydrogens (primary N) is 1. The molecule has 0 heterocycles. The zero-order valence-electron chi connectivity index (χ0n) is 13.4. The molecule has 1 unspecified atom stereocenters. The highest BCUT2D eigenvalue weighted by atomic mass is 16.3. The van der Waals surface area contributed by atoms with E-state index in [-0.39, 0.29) is 11.5 Å². The summed E-state index contributed by atoms with van der Waals surface area (Å²) >= 11 is 0. The van der Waals surface area contributed by atoms with Crippen LogP contribution < -0.4 is 5.73 Å². The Morgan fingerprint density at radius 2 is 1.81 bits per heavy atom. The summed E-state index contributed by atoms with van der Waals surface area (Å²) in [5.74, 6) is 2.35. The van der Waals surface area contributed by atoms with Crippen LogP contribution in [0.25, 0.3) is 0 Å². The molecule has 4 aliphatic carbocycles. The molecule has 6 atom stereocenters. The molecule has 0 radical (unpaired) electrons. The minimum atomic E-state index is -0.0986. The Hall–Kier alpha value is -0.760. The summed E-state index contributed by atoms with van der Waals surface area (Å²) in [5, 5.41) is 10.0. The molecule has 2 nitrogen and oxygen atoms in total. The van der Waals surface area contributed by atoms with Crippen LogP contribution in [-0.4, -0.2) is 11.2 Å². The fourth-order valence-electron chi connectivity index (χ4n) is 6.24.